The van der Waals surface area contributed by atoms with Gasteiger partial charge in [0.15, 0.2) is 0 Å². The molecule has 0 amide bonds. The summed E-state index contributed by atoms with van der Waals surface area (Å²) in [6, 6.07) is 0. The topological polar surface area (TPSA) is 49.8 Å². The summed E-state index contributed by atoms with van der Waals surface area (Å²) in [5, 5.41) is 3.39. The van der Waals surface area contributed by atoms with Crippen LogP contribution >= 0.6 is 11.9 Å². The van der Waals surface area contributed by atoms with Gasteiger partial charge in [-0.1, -0.05) is 12.2 Å². The predicted molar refractivity (Wildman–Crippen MR) is 102 cm³/mol. The van der Waals surface area contributed by atoms with E-state index in [4.69, 9.17) is 0 Å². The lowest BCUT2D eigenvalue weighted by Crippen LogP contribution is -2.29. The predicted octanol–water partition coefficient (Wildman–Crippen LogP) is 4.91. The summed E-state index contributed by atoms with van der Waals surface area (Å²) >= 11 is 1.64. The molecule has 2 N–H and O–H groups in total. The average molecular weight is 333 g/mol. The van der Waals surface area contributed by atoms with Crippen molar-refractivity contribution in [2.75, 3.05) is 5.32 Å². The van der Waals surface area contributed by atoms with E-state index in [0.29, 0.717) is 0 Å². The Morgan fingerprint density at radius 1 is 1.26 bits per heavy atom. The molecule has 0 spiro atoms. The molecule has 0 aliphatic rings. The standard InChI is InChI=1S/C18H28N4S/c1-8-9-10-16(11-14(3)23-22-18(5,6)7)21-17-13(2)12-19-15(4)20-17/h8-12,22H,1-7H3,(H,19,20,21)/b9-8-,14-11+,16-10+. The molecule has 0 bridgehead atoms. The number of allylic oxidation sites excluding steroid dienone is 5. The normalized spacial score (nSPS) is 13.7. The van der Waals surface area contributed by atoms with E-state index in [2.05, 4.69) is 53.8 Å². The summed E-state index contributed by atoms with van der Waals surface area (Å²) in [7, 11) is 0. The molecule has 0 saturated heterocycles. The largest absolute Gasteiger partial charge is 0.340 e. The van der Waals surface area contributed by atoms with Crippen LogP contribution in [-0.4, -0.2) is 15.5 Å². The van der Waals surface area contributed by atoms with Crippen LogP contribution in [0.4, 0.5) is 5.82 Å². The molecule has 1 heterocycles. The molecule has 0 aliphatic heterocycles. The molecular formula is C18H28N4S. The summed E-state index contributed by atoms with van der Waals surface area (Å²) in [5.41, 5.74) is 2.08. The van der Waals surface area contributed by atoms with Crippen LogP contribution in [0.2, 0.25) is 0 Å². The molecule has 23 heavy (non-hydrogen) atoms. The molecule has 0 unspecified atom stereocenters. The van der Waals surface area contributed by atoms with E-state index in [1.165, 1.54) is 4.91 Å². The highest BCUT2D eigenvalue weighted by molar-refractivity contribution is 8.01. The molecule has 0 aliphatic carbocycles. The van der Waals surface area contributed by atoms with Gasteiger partial charge in [0.2, 0.25) is 0 Å². The third-order valence-corrected chi connectivity index (χ3v) is 3.85. The monoisotopic (exact) mass is 332 g/mol. The minimum absolute atomic E-state index is 0.0702. The molecule has 4 nitrogen and oxygen atoms in total. The van der Waals surface area contributed by atoms with Crippen molar-refractivity contribution in [1.82, 2.24) is 14.7 Å². The number of aryl methyl sites for hydroxylation is 2. The van der Waals surface area contributed by atoms with Gasteiger partial charge in [0.05, 0.1) is 0 Å². The SMILES string of the molecule is C\C=C/C=C(\C=C(/C)SNC(C)(C)C)Nc1nc(C)ncc1C. The zero-order valence-corrected chi connectivity index (χ0v) is 16.0. The summed E-state index contributed by atoms with van der Waals surface area (Å²) in [4.78, 5) is 9.86. The molecule has 1 aromatic heterocycles. The Morgan fingerprint density at radius 2 is 1.96 bits per heavy atom. The van der Waals surface area contributed by atoms with Crippen LogP contribution in [-0.2, 0) is 0 Å². The number of nitrogens with one attached hydrogen (secondary N) is 2. The minimum Gasteiger partial charge on any atom is -0.340 e. The molecule has 0 atom stereocenters. The van der Waals surface area contributed by atoms with Gasteiger partial charge in [0.25, 0.3) is 0 Å². The lowest BCUT2D eigenvalue weighted by molar-refractivity contribution is 0.536. The van der Waals surface area contributed by atoms with E-state index in [1.54, 1.807) is 11.9 Å². The quantitative estimate of drug-likeness (QED) is 0.573. The number of hydrogen-bond donors (Lipinski definition) is 2. The van der Waals surface area contributed by atoms with Gasteiger partial charge in [-0.05, 0) is 77.5 Å². The van der Waals surface area contributed by atoms with Crippen molar-refractivity contribution in [3.05, 3.63) is 52.5 Å². The first-order valence-corrected chi connectivity index (χ1v) is 8.55. The zero-order valence-electron chi connectivity index (χ0n) is 15.2. The first-order valence-electron chi connectivity index (χ1n) is 7.74. The number of nitrogens with zero attached hydrogens (tertiary/aromatic N) is 2. The zero-order chi connectivity index (χ0) is 17.5. The number of rotatable bonds is 6. The number of aromatic nitrogens is 2. The summed E-state index contributed by atoms with van der Waals surface area (Å²) in [6.07, 6.45) is 10.0. The molecule has 1 aromatic rings. The molecule has 0 fully saturated rings. The van der Waals surface area contributed by atoms with E-state index in [0.717, 1.165) is 22.9 Å². The Morgan fingerprint density at radius 3 is 2.57 bits per heavy atom. The van der Waals surface area contributed by atoms with Crippen molar-refractivity contribution >= 4 is 17.8 Å². The Kier molecular flexibility index (Phi) is 7.52. The third-order valence-electron chi connectivity index (χ3n) is 2.70. The highest BCUT2D eigenvalue weighted by Crippen LogP contribution is 2.19. The number of hydrogen-bond acceptors (Lipinski definition) is 5. The third kappa shape index (κ3) is 8.00. The van der Waals surface area contributed by atoms with E-state index in [1.807, 2.05) is 45.2 Å². The second-order valence-corrected chi connectivity index (χ2v) is 7.48. The van der Waals surface area contributed by atoms with Gasteiger partial charge in [-0.25, -0.2) is 9.97 Å². The highest BCUT2D eigenvalue weighted by Gasteiger charge is 2.09. The molecule has 126 valence electrons. The average Bonchev–Trinajstić information content (AvgIpc) is 2.45. The van der Waals surface area contributed by atoms with Crippen molar-refractivity contribution < 1.29 is 0 Å². The van der Waals surface area contributed by atoms with Crippen LogP contribution in [0.15, 0.2) is 41.1 Å². The van der Waals surface area contributed by atoms with Crippen molar-refractivity contribution in [2.24, 2.45) is 0 Å². The highest BCUT2D eigenvalue weighted by atomic mass is 32.2. The van der Waals surface area contributed by atoms with Crippen LogP contribution in [0.3, 0.4) is 0 Å². The van der Waals surface area contributed by atoms with E-state index in [9.17, 15) is 0 Å². The molecule has 5 heteroatoms. The van der Waals surface area contributed by atoms with Crippen LogP contribution < -0.4 is 10.0 Å². The van der Waals surface area contributed by atoms with Crippen molar-refractivity contribution in [3.63, 3.8) is 0 Å². The van der Waals surface area contributed by atoms with Gasteiger partial charge in [-0.2, -0.15) is 0 Å². The fourth-order valence-corrected chi connectivity index (χ4v) is 2.25. The van der Waals surface area contributed by atoms with Crippen LogP contribution in [0.5, 0.6) is 0 Å². The lowest BCUT2D eigenvalue weighted by Gasteiger charge is -2.19. The summed E-state index contributed by atoms with van der Waals surface area (Å²) in [5.74, 6) is 1.60. The smallest absolute Gasteiger partial charge is 0.136 e. The van der Waals surface area contributed by atoms with Crippen molar-refractivity contribution in [3.8, 4) is 0 Å². The fraction of sp³-hybridized carbons (Fsp3) is 0.444. The van der Waals surface area contributed by atoms with Crippen LogP contribution in [0.1, 0.15) is 46.0 Å². The summed E-state index contributed by atoms with van der Waals surface area (Å²) < 4.78 is 3.42. The van der Waals surface area contributed by atoms with Crippen LogP contribution in [0.25, 0.3) is 0 Å². The van der Waals surface area contributed by atoms with Gasteiger partial charge in [0.1, 0.15) is 11.6 Å². The fourth-order valence-electron chi connectivity index (χ4n) is 1.60. The van der Waals surface area contributed by atoms with E-state index >= 15 is 0 Å². The second kappa shape index (κ2) is 8.89. The second-order valence-electron chi connectivity index (χ2n) is 6.43. The number of anilines is 1. The lowest BCUT2D eigenvalue weighted by atomic mass is 10.1. The summed E-state index contributed by atoms with van der Waals surface area (Å²) in [6.45, 7) is 14.4. The molecule has 0 aromatic carbocycles. The maximum absolute atomic E-state index is 4.47. The maximum atomic E-state index is 4.47. The van der Waals surface area contributed by atoms with Gasteiger partial charge in [-0.15, -0.1) is 0 Å². The Labute approximate surface area is 144 Å². The van der Waals surface area contributed by atoms with Gasteiger partial charge in [-0.3, -0.25) is 4.72 Å². The molecular weight excluding hydrogens is 304 g/mol. The van der Waals surface area contributed by atoms with Crippen molar-refractivity contribution in [1.29, 1.82) is 0 Å². The minimum atomic E-state index is 0.0702. The van der Waals surface area contributed by atoms with Gasteiger partial charge in [0, 0.05) is 23.0 Å². The van der Waals surface area contributed by atoms with E-state index < -0.39 is 0 Å². The molecule has 0 radical (unpaired) electrons. The Hall–Kier alpha value is -1.59. The van der Waals surface area contributed by atoms with E-state index in [-0.39, 0.29) is 5.54 Å². The van der Waals surface area contributed by atoms with Crippen LogP contribution in [0, 0.1) is 13.8 Å². The Bertz CT molecular complexity index is 610. The van der Waals surface area contributed by atoms with Gasteiger partial charge >= 0.3 is 0 Å². The van der Waals surface area contributed by atoms with Crippen molar-refractivity contribution in [2.45, 2.75) is 54.0 Å². The first-order chi connectivity index (χ1) is 10.7. The Balaban J connectivity index is 2.95. The maximum Gasteiger partial charge on any atom is 0.136 e. The first kappa shape index (κ1) is 19.5. The molecule has 0 saturated carbocycles. The molecule has 1 rings (SSSR count). The van der Waals surface area contributed by atoms with Gasteiger partial charge < -0.3 is 5.32 Å².